The Morgan fingerprint density at radius 2 is 1.90 bits per heavy atom. The number of aliphatic hydroxyl groups is 1. The summed E-state index contributed by atoms with van der Waals surface area (Å²) in [5, 5.41) is 12.4. The van der Waals surface area contributed by atoms with Crippen LogP contribution in [0.15, 0.2) is 42.7 Å². The molecule has 0 aliphatic heterocycles. The number of hydrogen-bond donors (Lipinski definition) is 2. The summed E-state index contributed by atoms with van der Waals surface area (Å²) in [7, 11) is 0. The summed E-state index contributed by atoms with van der Waals surface area (Å²) in [4.78, 5) is 4.23. The number of nitrogens with one attached hydrogen (secondary N) is 1. The highest BCUT2D eigenvalue weighted by Crippen LogP contribution is 2.23. The molecular formula is C17H20N2O2. The molecule has 3 rings (SSSR count). The topological polar surface area (TPSA) is 54.4 Å². The van der Waals surface area contributed by atoms with Gasteiger partial charge in [0.1, 0.15) is 11.5 Å². The van der Waals surface area contributed by atoms with Gasteiger partial charge in [-0.15, -0.1) is 0 Å². The lowest BCUT2D eigenvalue weighted by Crippen LogP contribution is -2.15. The van der Waals surface area contributed by atoms with E-state index in [2.05, 4.69) is 10.3 Å². The van der Waals surface area contributed by atoms with Crippen molar-refractivity contribution in [3.8, 4) is 11.5 Å². The molecule has 1 aliphatic carbocycles. The van der Waals surface area contributed by atoms with Crippen LogP contribution in [0, 0.1) is 0 Å². The van der Waals surface area contributed by atoms with Crippen molar-refractivity contribution in [2.45, 2.75) is 31.8 Å². The molecule has 0 bridgehead atoms. The first kappa shape index (κ1) is 14.0. The van der Waals surface area contributed by atoms with Crippen molar-refractivity contribution in [2.24, 2.45) is 0 Å². The predicted octanol–water partition coefficient (Wildman–Crippen LogP) is 2.66. The molecule has 0 spiro atoms. The van der Waals surface area contributed by atoms with E-state index in [-0.39, 0.29) is 6.61 Å². The van der Waals surface area contributed by atoms with Crippen LogP contribution in [0.5, 0.6) is 11.5 Å². The van der Waals surface area contributed by atoms with Crippen molar-refractivity contribution in [3.05, 3.63) is 53.9 Å². The number of ether oxygens (including phenoxy) is 1. The summed E-state index contributed by atoms with van der Waals surface area (Å²) in [5.41, 5.74) is 2.24. The number of nitrogens with zero attached hydrogens (tertiary/aromatic N) is 1. The molecular weight excluding hydrogens is 264 g/mol. The van der Waals surface area contributed by atoms with Crippen molar-refractivity contribution >= 4 is 0 Å². The maximum absolute atomic E-state index is 8.90. The fraction of sp³-hybridized carbons (Fsp3) is 0.353. The first-order chi connectivity index (χ1) is 10.3. The molecule has 2 aromatic rings. The Morgan fingerprint density at radius 3 is 2.62 bits per heavy atom. The molecule has 0 radical (unpaired) electrons. The van der Waals surface area contributed by atoms with Gasteiger partial charge in [-0.25, -0.2) is 0 Å². The smallest absolute Gasteiger partial charge is 0.146 e. The molecule has 4 nitrogen and oxygen atoms in total. The van der Waals surface area contributed by atoms with E-state index in [9.17, 15) is 0 Å². The van der Waals surface area contributed by atoms with Gasteiger partial charge in [0.25, 0.3) is 0 Å². The van der Waals surface area contributed by atoms with Crippen LogP contribution in [-0.4, -0.2) is 22.7 Å². The first-order valence-corrected chi connectivity index (χ1v) is 7.38. The zero-order valence-electron chi connectivity index (χ0n) is 12.0. The van der Waals surface area contributed by atoms with Crippen LogP contribution in [0.25, 0.3) is 0 Å². The zero-order valence-corrected chi connectivity index (χ0v) is 12.0. The van der Waals surface area contributed by atoms with Crippen molar-refractivity contribution in [2.75, 3.05) is 6.61 Å². The van der Waals surface area contributed by atoms with E-state index in [4.69, 9.17) is 9.84 Å². The SMILES string of the molecule is OCCc1ccc(Oc2cncc(CNC3CC3)c2)cc1. The standard InChI is InChI=1S/C17H20N2O2/c20-8-7-13-1-5-16(6-2-13)21-17-9-14(10-18-12-17)11-19-15-3-4-15/h1-2,5-6,9-10,12,15,19-20H,3-4,7-8,11H2. The van der Waals surface area contributed by atoms with Gasteiger partial charge < -0.3 is 15.2 Å². The average molecular weight is 284 g/mol. The number of aliphatic hydroxyl groups excluding tert-OH is 1. The Hall–Kier alpha value is -1.91. The molecule has 1 aromatic carbocycles. The molecule has 0 saturated heterocycles. The van der Waals surface area contributed by atoms with Crippen LogP contribution in [-0.2, 0) is 13.0 Å². The highest BCUT2D eigenvalue weighted by atomic mass is 16.5. The normalized spacial score (nSPS) is 14.1. The average Bonchev–Trinajstić information content (AvgIpc) is 3.32. The molecule has 110 valence electrons. The zero-order chi connectivity index (χ0) is 14.5. The van der Waals surface area contributed by atoms with E-state index in [1.165, 1.54) is 12.8 Å². The molecule has 1 aromatic heterocycles. The first-order valence-electron chi connectivity index (χ1n) is 7.38. The largest absolute Gasteiger partial charge is 0.456 e. The predicted molar refractivity (Wildman–Crippen MR) is 81.4 cm³/mol. The maximum atomic E-state index is 8.90. The van der Waals surface area contributed by atoms with Crippen molar-refractivity contribution in [1.82, 2.24) is 10.3 Å². The van der Waals surface area contributed by atoms with E-state index in [0.29, 0.717) is 12.5 Å². The highest BCUT2D eigenvalue weighted by molar-refractivity contribution is 5.33. The van der Waals surface area contributed by atoms with Crippen LogP contribution in [0.1, 0.15) is 24.0 Å². The molecule has 0 atom stereocenters. The second kappa shape index (κ2) is 6.70. The van der Waals surface area contributed by atoms with Crippen molar-refractivity contribution in [1.29, 1.82) is 0 Å². The number of pyridine rings is 1. The number of hydrogen-bond acceptors (Lipinski definition) is 4. The van der Waals surface area contributed by atoms with E-state index >= 15 is 0 Å². The van der Waals surface area contributed by atoms with Gasteiger partial charge >= 0.3 is 0 Å². The molecule has 2 N–H and O–H groups in total. The lowest BCUT2D eigenvalue weighted by atomic mass is 10.1. The summed E-state index contributed by atoms with van der Waals surface area (Å²) in [5.74, 6) is 1.53. The minimum Gasteiger partial charge on any atom is -0.456 e. The molecule has 21 heavy (non-hydrogen) atoms. The second-order valence-electron chi connectivity index (χ2n) is 5.40. The third-order valence-electron chi connectivity index (χ3n) is 3.50. The molecule has 4 heteroatoms. The monoisotopic (exact) mass is 284 g/mol. The Labute approximate surface area is 124 Å². The molecule has 1 saturated carbocycles. The minimum atomic E-state index is 0.167. The van der Waals surface area contributed by atoms with Crippen LogP contribution < -0.4 is 10.1 Å². The quantitative estimate of drug-likeness (QED) is 0.820. The highest BCUT2D eigenvalue weighted by Gasteiger charge is 2.19. The molecule has 0 amide bonds. The summed E-state index contributed by atoms with van der Waals surface area (Å²) in [6.07, 6.45) is 6.83. The van der Waals surface area contributed by atoms with Crippen molar-refractivity contribution in [3.63, 3.8) is 0 Å². The summed E-state index contributed by atoms with van der Waals surface area (Å²) < 4.78 is 5.82. The lowest BCUT2D eigenvalue weighted by molar-refractivity contribution is 0.299. The molecule has 1 fully saturated rings. The van der Waals surface area contributed by atoms with Gasteiger partial charge in [-0.1, -0.05) is 12.1 Å². The number of rotatable bonds is 7. The van der Waals surface area contributed by atoms with Gasteiger partial charge in [0.15, 0.2) is 0 Å². The third kappa shape index (κ3) is 4.28. The second-order valence-corrected chi connectivity index (χ2v) is 5.40. The van der Waals surface area contributed by atoms with Crippen LogP contribution in [0.2, 0.25) is 0 Å². The van der Waals surface area contributed by atoms with E-state index < -0.39 is 0 Å². The lowest BCUT2D eigenvalue weighted by Gasteiger charge is -2.08. The third-order valence-corrected chi connectivity index (χ3v) is 3.50. The molecule has 1 heterocycles. The summed E-state index contributed by atoms with van der Waals surface area (Å²) in [6.45, 7) is 1.00. The van der Waals surface area contributed by atoms with Crippen LogP contribution in [0.3, 0.4) is 0 Å². The van der Waals surface area contributed by atoms with Crippen LogP contribution in [0.4, 0.5) is 0 Å². The summed E-state index contributed by atoms with van der Waals surface area (Å²) >= 11 is 0. The van der Waals surface area contributed by atoms with Gasteiger partial charge in [0.05, 0.1) is 6.20 Å². The number of benzene rings is 1. The van der Waals surface area contributed by atoms with E-state index in [0.717, 1.165) is 29.2 Å². The van der Waals surface area contributed by atoms with E-state index in [1.807, 2.05) is 36.5 Å². The Morgan fingerprint density at radius 1 is 1.10 bits per heavy atom. The number of aromatic nitrogens is 1. The fourth-order valence-corrected chi connectivity index (χ4v) is 2.16. The van der Waals surface area contributed by atoms with Gasteiger partial charge in [0.2, 0.25) is 0 Å². The van der Waals surface area contributed by atoms with Gasteiger partial charge in [-0.2, -0.15) is 0 Å². The van der Waals surface area contributed by atoms with Crippen LogP contribution >= 0.6 is 0 Å². The Kier molecular flexibility index (Phi) is 4.48. The molecule has 0 unspecified atom stereocenters. The minimum absolute atomic E-state index is 0.167. The maximum Gasteiger partial charge on any atom is 0.146 e. The molecule has 1 aliphatic rings. The van der Waals surface area contributed by atoms with Gasteiger partial charge in [-0.3, -0.25) is 4.98 Å². The Balaban J connectivity index is 1.61. The Bertz CT molecular complexity index is 580. The fourth-order valence-electron chi connectivity index (χ4n) is 2.16. The van der Waals surface area contributed by atoms with Gasteiger partial charge in [0, 0.05) is 25.4 Å². The van der Waals surface area contributed by atoms with E-state index in [1.54, 1.807) is 6.20 Å². The van der Waals surface area contributed by atoms with Crippen molar-refractivity contribution < 1.29 is 9.84 Å². The van der Waals surface area contributed by atoms with Gasteiger partial charge in [-0.05, 0) is 48.6 Å². The summed E-state index contributed by atoms with van der Waals surface area (Å²) in [6, 6.07) is 10.5.